The number of fused-ring (bicyclic) bond motifs is 1. The summed E-state index contributed by atoms with van der Waals surface area (Å²) in [5, 5.41) is 17.4. The highest BCUT2D eigenvalue weighted by Crippen LogP contribution is 2.30. The lowest BCUT2D eigenvalue weighted by molar-refractivity contribution is -0.146. The second kappa shape index (κ2) is 20.5. The van der Waals surface area contributed by atoms with Gasteiger partial charge in [0.1, 0.15) is 17.4 Å². The largest absolute Gasteiger partial charge is 0.506 e. The Morgan fingerprint density at radius 1 is 0.797 bits per heavy atom. The van der Waals surface area contributed by atoms with Crippen molar-refractivity contribution in [1.29, 1.82) is 0 Å². The molecule has 5 aromatic carbocycles. The van der Waals surface area contributed by atoms with E-state index in [2.05, 4.69) is 44.8 Å². The van der Waals surface area contributed by atoms with E-state index in [0.29, 0.717) is 62.0 Å². The molecule has 0 saturated carbocycles. The molecule has 1 saturated heterocycles. The molecule has 10 nitrogen and oxygen atoms in total. The van der Waals surface area contributed by atoms with Gasteiger partial charge in [-0.1, -0.05) is 91.0 Å². The monoisotopic (exact) mass is 792 g/mol. The summed E-state index contributed by atoms with van der Waals surface area (Å²) < 4.78 is 12.1. The third-order valence-electron chi connectivity index (χ3n) is 10.9. The van der Waals surface area contributed by atoms with E-state index in [9.17, 15) is 19.5 Å². The summed E-state index contributed by atoms with van der Waals surface area (Å²) in [6.45, 7) is 5.52. The maximum Gasteiger partial charge on any atom is 0.317 e. The van der Waals surface area contributed by atoms with E-state index in [1.54, 1.807) is 12.1 Å². The second-order valence-electron chi connectivity index (χ2n) is 15.2. The molecule has 1 atom stereocenters. The van der Waals surface area contributed by atoms with Crippen LogP contribution in [-0.2, 0) is 29.0 Å². The van der Waals surface area contributed by atoms with Crippen molar-refractivity contribution in [2.24, 2.45) is 5.92 Å². The molecule has 1 unspecified atom stereocenters. The van der Waals surface area contributed by atoms with Crippen LogP contribution in [0.5, 0.6) is 11.5 Å². The molecule has 2 heterocycles. The number of amides is 1. The third kappa shape index (κ3) is 11.5. The van der Waals surface area contributed by atoms with Gasteiger partial charge in [-0.3, -0.25) is 19.3 Å². The molecule has 1 aliphatic rings. The molecule has 6 aromatic rings. The van der Waals surface area contributed by atoms with Gasteiger partial charge in [0.25, 0.3) is 5.91 Å². The number of benzene rings is 5. The second-order valence-corrected chi connectivity index (χ2v) is 15.2. The van der Waals surface area contributed by atoms with Gasteiger partial charge < -0.3 is 30.2 Å². The molecule has 7 rings (SSSR count). The van der Waals surface area contributed by atoms with Crippen LogP contribution in [0.4, 0.5) is 0 Å². The van der Waals surface area contributed by atoms with Gasteiger partial charge in [-0.05, 0) is 115 Å². The Labute approximate surface area is 345 Å². The van der Waals surface area contributed by atoms with Crippen LogP contribution in [0.3, 0.4) is 0 Å². The first kappa shape index (κ1) is 40.9. The summed E-state index contributed by atoms with van der Waals surface area (Å²) in [5.74, 6) is 0.0774. The topological polar surface area (TPSA) is 133 Å². The third-order valence-corrected chi connectivity index (χ3v) is 10.9. The highest BCUT2D eigenvalue weighted by atomic mass is 16.5. The first-order valence-corrected chi connectivity index (χ1v) is 20.5. The molecular weight excluding hydrogens is 741 g/mol. The lowest BCUT2D eigenvalue weighted by atomic mass is 9.91. The minimum Gasteiger partial charge on any atom is -0.506 e. The first-order chi connectivity index (χ1) is 28.9. The minimum atomic E-state index is -0.570. The molecule has 1 aliphatic heterocycles. The molecule has 4 N–H and O–H groups in total. The number of aromatic hydroxyl groups is 1. The Morgan fingerprint density at radius 3 is 2.32 bits per heavy atom. The molecular formula is C49H52N4O6. The van der Waals surface area contributed by atoms with Crippen LogP contribution in [-0.4, -0.2) is 66.3 Å². The van der Waals surface area contributed by atoms with Crippen molar-refractivity contribution < 1.29 is 24.2 Å². The van der Waals surface area contributed by atoms with Crippen LogP contribution < -0.4 is 20.9 Å². The zero-order chi connectivity index (χ0) is 40.8. The van der Waals surface area contributed by atoms with Gasteiger partial charge in [-0.2, -0.15) is 0 Å². The van der Waals surface area contributed by atoms with Gasteiger partial charge >= 0.3 is 5.97 Å². The first-order valence-electron chi connectivity index (χ1n) is 20.5. The standard InChI is InChI=1S/C49H52N4O6/c54-44-21-19-38(43-20-22-45(55)52-47(43)44)23-27-50-32-35-15-17-40(18-16-35)48(56)51-26-8-30-58-42-14-7-13-41(31-42)46(39-11-5-2-6-12-39)49(57)59-34-37-24-28-53(29-25-37)33-36-9-3-1-4-10-36/h1-7,9-22,31,37,46,50,54H,8,23-30,32-34H2,(H,51,56)(H,52,55). The number of phenols is 1. The summed E-state index contributed by atoms with van der Waals surface area (Å²) in [7, 11) is 0. The Kier molecular flexibility index (Phi) is 14.2. The Morgan fingerprint density at radius 2 is 1.54 bits per heavy atom. The molecule has 10 heteroatoms. The van der Waals surface area contributed by atoms with Crippen molar-refractivity contribution >= 4 is 22.8 Å². The molecule has 1 amide bonds. The molecule has 1 aromatic heterocycles. The molecule has 304 valence electrons. The summed E-state index contributed by atoms with van der Waals surface area (Å²) in [6.07, 6.45) is 3.33. The zero-order valence-corrected chi connectivity index (χ0v) is 33.3. The Balaban J connectivity index is 0.831. The Bertz CT molecular complexity index is 2340. The summed E-state index contributed by atoms with van der Waals surface area (Å²) in [4.78, 5) is 43.5. The van der Waals surface area contributed by atoms with Crippen molar-refractivity contribution in [3.8, 4) is 11.5 Å². The number of hydrogen-bond acceptors (Lipinski definition) is 8. The number of hydrogen-bond donors (Lipinski definition) is 4. The van der Waals surface area contributed by atoms with Gasteiger partial charge in [-0.15, -0.1) is 0 Å². The van der Waals surface area contributed by atoms with Crippen LogP contribution in [0.15, 0.2) is 138 Å². The number of rotatable bonds is 18. The molecule has 1 fully saturated rings. The van der Waals surface area contributed by atoms with E-state index >= 15 is 0 Å². The van der Waals surface area contributed by atoms with Crippen LogP contribution >= 0.6 is 0 Å². The predicted octanol–water partition coefficient (Wildman–Crippen LogP) is 7.35. The van der Waals surface area contributed by atoms with Crippen LogP contribution in [0.25, 0.3) is 10.9 Å². The number of ether oxygens (including phenoxy) is 2. The SMILES string of the molecule is O=C(NCCCOc1cccc(C(C(=O)OCC2CCN(Cc3ccccc3)CC2)c2ccccc2)c1)c1ccc(CNCCc2ccc(O)c3[nH]c(=O)ccc23)cc1. The molecule has 0 aliphatic carbocycles. The fourth-order valence-corrected chi connectivity index (χ4v) is 7.64. The number of nitrogens with zero attached hydrogens (tertiary/aromatic N) is 1. The lowest BCUT2D eigenvalue weighted by Gasteiger charge is -2.32. The van der Waals surface area contributed by atoms with E-state index in [1.165, 1.54) is 11.6 Å². The van der Waals surface area contributed by atoms with Gasteiger partial charge in [0.2, 0.25) is 5.56 Å². The molecule has 0 spiro atoms. The van der Waals surface area contributed by atoms with Crippen LogP contribution in [0.1, 0.15) is 63.4 Å². The van der Waals surface area contributed by atoms with E-state index < -0.39 is 5.92 Å². The van der Waals surface area contributed by atoms with Crippen molar-refractivity contribution in [3.05, 3.63) is 177 Å². The molecule has 0 bridgehead atoms. The number of nitrogens with one attached hydrogen (secondary N) is 3. The van der Waals surface area contributed by atoms with E-state index in [-0.39, 0.29) is 23.2 Å². The number of aromatic amines is 1. The quantitative estimate of drug-likeness (QED) is 0.0525. The predicted molar refractivity (Wildman–Crippen MR) is 231 cm³/mol. The lowest BCUT2D eigenvalue weighted by Crippen LogP contribution is -2.35. The number of phenolic OH excluding ortho intramolecular Hbond substituents is 1. The summed E-state index contributed by atoms with van der Waals surface area (Å²) in [6, 6.07) is 42.1. The number of H-pyrrole nitrogens is 1. The number of pyridine rings is 1. The highest BCUT2D eigenvalue weighted by molar-refractivity contribution is 5.94. The number of carbonyl (C=O) groups is 2. The van der Waals surface area contributed by atoms with E-state index in [0.717, 1.165) is 66.5 Å². The maximum absolute atomic E-state index is 13.7. The Hall–Kier alpha value is -6.23. The van der Waals surface area contributed by atoms with Crippen molar-refractivity contribution in [2.45, 2.75) is 44.7 Å². The number of likely N-dealkylation sites (tertiary alicyclic amines) is 1. The van der Waals surface area contributed by atoms with Crippen molar-refractivity contribution in [3.63, 3.8) is 0 Å². The highest BCUT2D eigenvalue weighted by Gasteiger charge is 2.27. The summed E-state index contributed by atoms with van der Waals surface area (Å²) in [5.41, 5.74) is 5.87. The molecule has 0 radical (unpaired) electrons. The average molecular weight is 793 g/mol. The van der Waals surface area contributed by atoms with Crippen LogP contribution in [0, 0.1) is 5.92 Å². The fraction of sp³-hybridized carbons (Fsp3) is 0.286. The van der Waals surface area contributed by atoms with Crippen LogP contribution in [0.2, 0.25) is 0 Å². The maximum atomic E-state index is 13.7. The van der Waals surface area contributed by atoms with Gasteiger partial charge in [-0.25, -0.2) is 0 Å². The number of piperidine rings is 1. The number of esters is 1. The van der Waals surface area contributed by atoms with Crippen molar-refractivity contribution in [2.75, 3.05) is 39.4 Å². The van der Waals surface area contributed by atoms with Crippen molar-refractivity contribution in [1.82, 2.24) is 20.5 Å². The summed E-state index contributed by atoms with van der Waals surface area (Å²) >= 11 is 0. The smallest absolute Gasteiger partial charge is 0.317 e. The fourth-order valence-electron chi connectivity index (χ4n) is 7.64. The number of aromatic nitrogens is 1. The van der Waals surface area contributed by atoms with E-state index in [1.807, 2.05) is 91.0 Å². The van der Waals surface area contributed by atoms with Gasteiger partial charge in [0, 0.05) is 36.7 Å². The average Bonchev–Trinajstić information content (AvgIpc) is 3.27. The number of carbonyl (C=O) groups excluding carboxylic acids is 2. The minimum absolute atomic E-state index is 0.0547. The van der Waals surface area contributed by atoms with Gasteiger partial charge in [0.15, 0.2) is 0 Å². The normalized spacial score (nSPS) is 13.8. The van der Waals surface area contributed by atoms with Gasteiger partial charge in [0.05, 0.1) is 18.7 Å². The van der Waals surface area contributed by atoms with E-state index in [4.69, 9.17) is 9.47 Å². The molecule has 59 heavy (non-hydrogen) atoms. The zero-order valence-electron chi connectivity index (χ0n) is 33.3.